The fourth-order valence-electron chi connectivity index (χ4n) is 1.90. The molecule has 0 radical (unpaired) electrons. The first-order valence-corrected chi connectivity index (χ1v) is 6.34. The van der Waals surface area contributed by atoms with E-state index in [0.717, 1.165) is 0 Å². The van der Waals surface area contributed by atoms with Gasteiger partial charge in [0.2, 0.25) is 5.91 Å². The lowest BCUT2D eigenvalue weighted by Crippen LogP contribution is -2.31. The van der Waals surface area contributed by atoms with Gasteiger partial charge >= 0.3 is 11.7 Å². The van der Waals surface area contributed by atoms with E-state index in [1.807, 2.05) is 0 Å². The van der Waals surface area contributed by atoms with Crippen molar-refractivity contribution < 1.29 is 14.7 Å². The molecule has 20 heavy (non-hydrogen) atoms. The van der Waals surface area contributed by atoms with Gasteiger partial charge in [0.1, 0.15) is 0 Å². The molecule has 110 valence electrons. The van der Waals surface area contributed by atoms with Gasteiger partial charge in [0.25, 0.3) is 0 Å². The van der Waals surface area contributed by atoms with Crippen molar-refractivity contribution in [3.8, 4) is 0 Å². The molecule has 0 saturated heterocycles. The highest BCUT2D eigenvalue weighted by Gasteiger charge is 2.13. The number of H-pyrrole nitrogens is 1. The first-order valence-electron chi connectivity index (χ1n) is 6.34. The van der Waals surface area contributed by atoms with Crippen LogP contribution < -0.4 is 11.0 Å². The summed E-state index contributed by atoms with van der Waals surface area (Å²) in [6.07, 6.45) is 0.125. The minimum absolute atomic E-state index is 0.0124. The van der Waals surface area contributed by atoms with Gasteiger partial charge in [0.05, 0.1) is 6.42 Å². The molecule has 1 amide bonds. The van der Waals surface area contributed by atoms with E-state index in [2.05, 4.69) is 15.3 Å². The Morgan fingerprint density at radius 2 is 2.05 bits per heavy atom. The van der Waals surface area contributed by atoms with E-state index in [9.17, 15) is 14.4 Å². The molecule has 0 bridgehead atoms. The summed E-state index contributed by atoms with van der Waals surface area (Å²) >= 11 is 0. The summed E-state index contributed by atoms with van der Waals surface area (Å²) in [6.45, 7) is 5.45. The number of carbonyl (C=O) groups excluding carboxylic acids is 1. The molecule has 0 aromatic carbocycles. The molecule has 7 heteroatoms. The number of hydrogen-bond donors (Lipinski definition) is 3. The third kappa shape index (κ3) is 4.83. The smallest absolute Gasteiger partial charge is 0.345 e. The van der Waals surface area contributed by atoms with Crippen molar-refractivity contribution >= 4 is 11.9 Å². The van der Waals surface area contributed by atoms with Gasteiger partial charge in [0.15, 0.2) is 0 Å². The lowest BCUT2D eigenvalue weighted by molar-refractivity contribution is -0.138. The van der Waals surface area contributed by atoms with E-state index >= 15 is 0 Å². The molecule has 0 aliphatic rings. The number of amides is 1. The van der Waals surface area contributed by atoms with Crippen LogP contribution in [0.25, 0.3) is 0 Å². The predicted octanol–water partition coefficient (Wildman–Crippen LogP) is 0.156. The van der Waals surface area contributed by atoms with Gasteiger partial charge in [-0.25, -0.2) is 4.79 Å². The van der Waals surface area contributed by atoms with E-state index < -0.39 is 11.7 Å². The second-order valence-electron chi connectivity index (χ2n) is 4.91. The largest absolute Gasteiger partial charge is 0.481 e. The number of rotatable bonds is 6. The topological polar surface area (TPSA) is 112 Å². The van der Waals surface area contributed by atoms with Gasteiger partial charge in [-0.15, -0.1) is 0 Å². The zero-order valence-corrected chi connectivity index (χ0v) is 11.8. The molecule has 0 aliphatic carbocycles. The number of carboxylic acid groups (broad SMARTS) is 1. The maximum Gasteiger partial charge on any atom is 0.345 e. The molecule has 1 rings (SSSR count). The van der Waals surface area contributed by atoms with Crippen molar-refractivity contribution in [2.75, 3.05) is 6.54 Å². The van der Waals surface area contributed by atoms with Crippen LogP contribution in [0, 0.1) is 19.8 Å². The number of aliphatic carboxylic acids is 1. The van der Waals surface area contributed by atoms with E-state index in [0.29, 0.717) is 23.5 Å². The Balaban J connectivity index is 2.59. The summed E-state index contributed by atoms with van der Waals surface area (Å²) < 4.78 is 0. The van der Waals surface area contributed by atoms with E-state index in [1.54, 1.807) is 20.8 Å². The Hall–Kier alpha value is -2.18. The standard InChI is InChI=1S/C13H19N3O4/c1-7(4-12(18)19)6-14-11(17)5-10-8(2)15-13(20)16-9(10)3/h7H,4-6H2,1-3H3,(H,14,17)(H,18,19)(H,15,16,20). The average molecular weight is 281 g/mol. The number of hydrogen-bond acceptors (Lipinski definition) is 4. The maximum absolute atomic E-state index is 11.8. The first kappa shape index (κ1) is 15.9. The maximum atomic E-state index is 11.8. The number of aromatic nitrogens is 2. The number of carboxylic acids is 1. The van der Waals surface area contributed by atoms with Gasteiger partial charge in [-0.1, -0.05) is 6.92 Å². The molecule has 1 atom stereocenters. The first-order chi connectivity index (χ1) is 9.29. The van der Waals surface area contributed by atoms with Crippen LogP contribution in [0.15, 0.2) is 4.79 Å². The van der Waals surface area contributed by atoms with Crippen molar-refractivity contribution in [1.29, 1.82) is 0 Å². The highest BCUT2D eigenvalue weighted by molar-refractivity contribution is 5.79. The van der Waals surface area contributed by atoms with E-state index in [1.165, 1.54) is 0 Å². The van der Waals surface area contributed by atoms with Crippen LogP contribution >= 0.6 is 0 Å². The fourth-order valence-corrected chi connectivity index (χ4v) is 1.90. The van der Waals surface area contributed by atoms with Crippen LogP contribution in [0.5, 0.6) is 0 Å². The van der Waals surface area contributed by atoms with Crippen LogP contribution in [0.1, 0.15) is 30.3 Å². The second kappa shape index (κ2) is 6.83. The fraction of sp³-hybridized carbons (Fsp3) is 0.538. The minimum atomic E-state index is -0.886. The normalized spacial score (nSPS) is 11.9. The van der Waals surface area contributed by atoms with Crippen LogP contribution in [0.2, 0.25) is 0 Å². The monoisotopic (exact) mass is 281 g/mol. The summed E-state index contributed by atoms with van der Waals surface area (Å²) in [7, 11) is 0. The van der Waals surface area contributed by atoms with Crippen molar-refractivity contribution in [3.05, 3.63) is 27.4 Å². The second-order valence-corrected chi connectivity index (χ2v) is 4.91. The number of aromatic amines is 1. The zero-order valence-electron chi connectivity index (χ0n) is 11.8. The SMILES string of the molecule is Cc1nc(=O)[nH]c(C)c1CC(=O)NCC(C)CC(=O)O. The molecular formula is C13H19N3O4. The Morgan fingerprint density at radius 3 is 2.60 bits per heavy atom. The quantitative estimate of drug-likeness (QED) is 0.687. The zero-order chi connectivity index (χ0) is 15.3. The molecule has 1 aromatic heterocycles. The molecule has 0 aliphatic heterocycles. The van der Waals surface area contributed by atoms with Crippen LogP contribution in [-0.2, 0) is 16.0 Å². The van der Waals surface area contributed by atoms with Crippen LogP contribution in [0.3, 0.4) is 0 Å². The summed E-state index contributed by atoms with van der Waals surface area (Å²) in [5.74, 6) is -1.24. The van der Waals surface area contributed by atoms with Crippen molar-refractivity contribution in [2.45, 2.75) is 33.6 Å². The molecule has 0 spiro atoms. The molecule has 3 N–H and O–H groups in total. The number of aryl methyl sites for hydroxylation is 2. The molecule has 1 unspecified atom stereocenters. The van der Waals surface area contributed by atoms with Gasteiger partial charge in [-0.2, -0.15) is 4.98 Å². The number of carbonyl (C=O) groups is 2. The van der Waals surface area contributed by atoms with Crippen LogP contribution in [-0.4, -0.2) is 33.5 Å². The Labute approximate surface area is 116 Å². The summed E-state index contributed by atoms with van der Waals surface area (Å²) in [5.41, 5.74) is 1.41. The molecular weight excluding hydrogens is 262 g/mol. The highest BCUT2D eigenvalue weighted by atomic mass is 16.4. The summed E-state index contributed by atoms with van der Waals surface area (Å²) in [5, 5.41) is 11.3. The lowest BCUT2D eigenvalue weighted by Gasteiger charge is -2.12. The number of nitrogens with zero attached hydrogens (tertiary/aromatic N) is 1. The van der Waals surface area contributed by atoms with Crippen molar-refractivity contribution in [2.24, 2.45) is 5.92 Å². The molecule has 0 saturated carbocycles. The average Bonchev–Trinajstić information content (AvgIpc) is 2.30. The molecule has 0 fully saturated rings. The highest BCUT2D eigenvalue weighted by Crippen LogP contribution is 2.07. The number of nitrogens with one attached hydrogen (secondary N) is 2. The van der Waals surface area contributed by atoms with Crippen molar-refractivity contribution in [1.82, 2.24) is 15.3 Å². The lowest BCUT2D eigenvalue weighted by atomic mass is 10.1. The summed E-state index contributed by atoms with van der Waals surface area (Å²) in [6, 6.07) is 0. The Morgan fingerprint density at radius 1 is 1.40 bits per heavy atom. The predicted molar refractivity (Wildman–Crippen MR) is 72.5 cm³/mol. The summed E-state index contributed by atoms with van der Waals surface area (Å²) in [4.78, 5) is 39.8. The third-order valence-corrected chi connectivity index (χ3v) is 2.96. The molecule has 7 nitrogen and oxygen atoms in total. The molecule has 1 aromatic rings. The molecule has 1 heterocycles. The van der Waals surface area contributed by atoms with Crippen molar-refractivity contribution in [3.63, 3.8) is 0 Å². The van der Waals surface area contributed by atoms with E-state index in [4.69, 9.17) is 5.11 Å². The third-order valence-electron chi connectivity index (χ3n) is 2.96. The Bertz CT molecular complexity index is 539. The van der Waals surface area contributed by atoms with Gasteiger partial charge in [-0.05, 0) is 19.8 Å². The van der Waals surface area contributed by atoms with E-state index in [-0.39, 0.29) is 24.7 Å². The Kier molecular flexibility index (Phi) is 5.42. The minimum Gasteiger partial charge on any atom is -0.481 e. The van der Waals surface area contributed by atoms with Gasteiger partial charge in [-0.3, -0.25) is 9.59 Å². The van der Waals surface area contributed by atoms with Crippen LogP contribution in [0.4, 0.5) is 0 Å². The van der Waals surface area contributed by atoms with Gasteiger partial charge in [0, 0.05) is 29.9 Å². The van der Waals surface area contributed by atoms with Gasteiger partial charge < -0.3 is 15.4 Å².